The van der Waals surface area contributed by atoms with E-state index in [1.54, 1.807) is 43.9 Å². The van der Waals surface area contributed by atoms with Crippen molar-refractivity contribution in [2.45, 2.75) is 103 Å². The van der Waals surface area contributed by atoms with Crippen molar-refractivity contribution in [3.05, 3.63) is 28.3 Å². The first-order valence-corrected chi connectivity index (χ1v) is 15.0. The summed E-state index contributed by atoms with van der Waals surface area (Å²) in [5.74, 6) is -1.48. The molecule has 36 heavy (non-hydrogen) atoms. The summed E-state index contributed by atoms with van der Waals surface area (Å²) in [6.07, 6.45) is 7.32. The van der Waals surface area contributed by atoms with Gasteiger partial charge in [0.15, 0.2) is 0 Å². The van der Waals surface area contributed by atoms with Gasteiger partial charge in [-0.25, -0.2) is 4.98 Å². The third kappa shape index (κ3) is 8.27. The molecule has 6 nitrogen and oxygen atoms in total. The molecule has 1 unspecified atom stereocenters. The number of aliphatic hydroxyl groups excluding tert-OH is 2. The van der Waals surface area contributed by atoms with Gasteiger partial charge in [-0.15, -0.1) is 11.3 Å². The summed E-state index contributed by atoms with van der Waals surface area (Å²) in [7, 11) is 0. The Balaban J connectivity index is 2.38. The molecule has 0 radical (unpaired) electrons. The molecule has 0 aromatic carbocycles. The smallest absolute Gasteiger partial charge is 0.309 e. The van der Waals surface area contributed by atoms with Crippen LogP contribution in [0.25, 0.3) is 6.08 Å². The van der Waals surface area contributed by atoms with Gasteiger partial charge in [0.1, 0.15) is 16.2 Å². The van der Waals surface area contributed by atoms with Crippen LogP contribution in [0.15, 0.2) is 26.9 Å². The molecule has 0 saturated heterocycles. The Labute approximate surface area is 224 Å². The highest BCUT2D eigenvalue weighted by molar-refractivity contribution is 8.00. The normalized spacial score (nSPS) is 31.0. The number of hydrogen-bond donors (Lipinski definition) is 2. The highest BCUT2D eigenvalue weighted by Crippen LogP contribution is 2.33. The Kier molecular flexibility index (Phi) is 11.9. The second-order valence-electron chi connectivity index (χ2n) is 10.5. The monoisotopic (exact) mass is 537 g/mol. The summed E-state index contributed by atoms with van der Waals surface area (Å²) in [6.45, 7) is 11.0. The summed E-state index contributed by atoms with van der Waals surface area (Å²) in [6, 6.07) is 0. The average Bonchev–Trinajstić information content (AvgIpc) is 3.30. The third-order valence-electron chi connectivity index (χ3n) is 7.37. The van der Waals surface area contributed by atoms with Crippen LogP contribution in [0.3, 0.4) is 0 Å². The molecule has 1 aliphatic heterocycles. The van der Waals surface area contributed by atoms with Crippen LogP contribution >= 0.6 is 23.1 Å². The maximum absolute atomic E-state index is 13.2. The van der Waals surface area contributed by atoms with Gasteiger partial charge in [-0.3, -0.25) is 9.59 Å². The fraction of sp³-hybridized carbons (Fsp3) is 0.679. The Morgan fingerprint density at radius 1 is 1.28 bits per heavy atom. The maximum atomic E-state index is 13.2. The molecule has 0 bridgehead atoms. The molecule has 1 aliphatic rings. The van der Waals surface area contributed by atoms with Gasteiger partial charge in [0, 0.05) is 17.7 Å². The predicted molar refractivity (Wildman–Crippen MR) is 148 cm³/mol. The minimum Gasteiger partial charge on any atom is -0.457 e. The van der Waals surface area contributed by atoms with Gasteiger partial charge in [0.05, 0.1) is 29.7 Å². The number of thioether (sulfide) groups is 1. The number of ketones is 1. The van der Waals surface area contributed by atoms with Crippen molar-refractivity contribution < 1.29 is 24.5 Å². The van der Waals surface area contributed by atoms with E-state index in [0.717, 1.165) is 41.3 Å². The summed E-state index contributed by atoms with van der Waals surface area (Å²) in [5.41, 5.74) is 1.73. The Morgan fingerprint density at radius 2 is 1.97 bits per heavy atom. The number of cyclic esters (lactones) is 1. The molecule has 202 valence electrons. The van der Waals surface area contributed by atoms with E-state index >= 15 is 0 Å². The highest BCUT2D eigenvalue weighted by atomic mass is 32.2. The Bertz CT molecular complexity index is 951. The number of carbonyl (C=O) groups is 2. The zero-order valence-corrected chi connectivity index (χ0v) is 24.4. The van der Waals surface area contributed by atoms with Crippen LogP contribution < -0.4 is 0 Å². The number of aliphatic hydroxyl groups is 2. The summed E-state index contributed by atoms with van der Waals surface area (Å²) in [5, 5.41) is 23.7. The van der Waals surface area contributed by atoms with Crippen molar-refractivity contribution in [1.29, 1.82) is 0 Å². The van der Waals surface area contributed by atoms with Crippen LogP contribution in [-0.4, -0.2) is 51.5 Å². The largest absolute Gasteiger partial charge is 0.457 e. The van der Waals surface area contributed by atoms with Crippen LogP contribution in [0.5, 0.6) is 0 Å². The van der Waals surface area contributed by atoms with Gasteiger partial charge in [-0.05, 0) is 56.4 Å². The second-order valence-corrected chi connectivity index (χ2v) is 12.4. The number of Topliss-reactive ketones (excluding diaryl/α,β-unsaturated/α-hetero) is 1. The average molecular weight is 538 g/mol. The first-order valence-electron chi connectivity index (χ1n) is 12.9. The summed E-state index contributed by atoms with van der Waals surface area (Å²) >= 11 is 3.17. The van der Waals surface area contributed by atoms with E-state index in [0.29, 0.717) is 6.42 Å². The van der Waals surface area contributed by atoms with Gasteiger partial charge in [-0.1, -0.05) is 58.0 Å². The molecule has 0 aliphatic carbocycles. The highest BCUT2D eigenvalue weighted by Gasteiger charge is 2.42. The van der Waals surface area contributed by atoms with Crippen molar-refractivity contribution in [2.24, 2.45) is 17.3 Å². The van der Waals surface area contributed by atoms with Crippen molar-refractivity contribution in [2.75, 3.05) is 6.26 Å². The molecule has 2 N–H and O–H groups in total. The molecule has 8 heteroatoms. The van der Waals surface area contributed by atoms with Crippen molar-refractivity contribution >= 4 is 40.9 Å². The van der Waals surface area contributed by atoms with E-state index in [-0.39, 0.29) is 18.1 Å². The molecule has 0 fully saturated rings. The molecule has 0 saturated carbocycles. The predicted octanol–water partition coefficient (Wildman–Crippen LogP) is 6.07. The van der Waals surface area contributed by atoms with Gasteiger partial charge >= 0.3 is 5.97 Å². The fourth-order valence-corrected chi connectivity index (χ4v) is 5.82. The van der Waals surface area contributed by atoms with E-state index in [2.05, 4.69) is 18.0 Å². The molecule has 0 spiro atoms. The molecule has 2 rings (SSSR count). The number of carbonyl (C=O) groups excluding carboxylic acids is 2. The summed E-state index contributed by atoms with van der Waals surface area (Å²) < 4.78 is 6.89. The molecule has 0 amide bonds. The molecule has 1 aromatic heterocycles. The lowest BCUT2D eigenvalue weighted by atomic mass is 9.73. The zero-order valence-electron chi connectivity index (χ0n) is 22.7. The van der Waals surface area contributed by atoms with Crippen molar-refractivity contribution in [3.8, 4) is 0 Å². The SMILES string of the molecule is CC/C1=C/CCC[C@H](C)C(O)[C@@H](C)C(=O)C(C)(C)[C@@H](O)CC(=O)O[C@H](/C(C)=C/c2csc(SC)n2)C1. The lowest BCUT2D eigenvalue weighted by Gasteiger charge is -2.34. The van der Waals surface area contributed by atoms with Crippen molar-refractivity contribution in [1.82, 2.24) is 4.98 Å². The summed E-state index contributed by atoms with van der Waals surface area (Å²) in [4.78, 5) is 30.8. The maximum Gasteiger partial charge on any atom is 0.309 e. The van der Waals surface area contributed by atoms with E-state index < -0.39 is 35.6 Å². The van der Waals surface area contributed by atoms with Crippen LogP contribution in [0, 0.1) is 17.3 Å². The first kappa shape index (κ1) is 30.7. The number of nitrogens with zero attached hydrogens (tertiary/aromatic N) is 1. The van der Waals surface area contributed by atoms with Crippen molar-refractivity contribution in [3.63, 3.8) is 0 Å². The standard InChI is InChI=1S/C28H43NO5S2/c1-8-20-12-10-9-11-17(2)25(32)19(4)26(33)28(5,6)23(30)15-24(31)34-22(14-20)18(3)13-21-16-36-27(29-21)35-7/h12-13,16-17,19,22-23,25,30,32H,8-11,14-15H2,1-7H3/b18-13+,20-12-/t17-,19+,22-,23-,25?/m0/s1. The number of ether oxygens (including phenoxy) is 1. The van der Waals surface area contributed by atoms with Gasteiger partial charge < -0.3 is 14.9 Å². The quantitative estimate of drug-likeness (QED) is 0.273. The third-order valence-corrected chi connectivity index (χ3v) is 9.25. The topological polar surface area (TPSA) is 96.7 Å². The number of thiazole rings is 1. The number of aromatic nitrogens is 1. The van der Waals surface area contributed by atoms with E-state index in [4.69, 9.17) is 4.74 Å². The molecule has 5 atom stereocenters. The lowest BCUT2D eigenvalue weighted by molar-refractivity contribution is -0.154. The van der Waals surface area contributed by atoms with E-state index in [9.17, 15) is 19.8 Å². The lowest BCUT2D eigenvalue weighted by Crippen LogP contribution is -2.45. The minimum absolute atomic E-state index is 0.0459. The Morgan fingerprint density at radius 3 is 2.58 bits per heavy atom. The first-order chi connectivity index (χ1) is 16.9. The van der Waals surface area contributed by atoms with Gasteiger partial charge in [0.25, 0.3) is 0 Å². The number of hydrogen-bond acceptors (Lipinski definition) is 8. The Hall–Kier alpha value is -1.48. The minimum atomic E-state index is -1.22. The molecule has 2 heterocycles. The number of allylic oxidation sites excluding steroid dienone is 1. The van der Waals surface area contributed by atoms with Crippen LogP contribution in [-0.2, 0) is 14.3 Å². The van der Waals surface area contributed by atoms with Crippen LogP contribution in [0.4, 0.5) is 0 Å². The fourth-order valence-electron chi connectivity index (χ4n) is 4.60. The molecular formula is C28H43NO5S2. The number of esters is 1. The zero-order chi connectivity index (χ0) is 27.0. The second kappa shape index (κ2) is 13.9. The molecular weight excluding hydrogens is 494 g/mol. The number of rotatable bonds is 4. The van der Waals surface area contributed by atoms with Gasteiger partial charge in [-0.2, -0.15) is 0 Å². The molecule has 1 aromatic rings. The van der Waals surface area contributed by atoms with Crippen LogP contribution in [0.1, 0.15) is 85.8 Å². The van der Waals surface area contributed by atoms with Gasteiger partial charge in [0.2, 0.25) is 0 Å². The van der Waals surface area contributed by atoms with Crippen LogP contribution in [0.2, 0.25) is 0 Å². The van der Waals surface area contributed by atoms with E-state index in [1.165, 1.54) is 5.57 Å². The van der Waals surface area contributed by atoms with E-state index in [1.807, 2.05) is 31.6 Å².